The summed E-state index contributed by atoms with van der Waals surface area (Å²) in [4.78, 5) is 19.2. The van der Waals surface area contributed by atoms with E-state index in [1.165, 1.54) is 24.5 Å². The molecule has 0 atom stereocenters. The average molecular weight is 343 g/mol. The minimum absolute atomic E-state index is 0.457. The minimum atomic E-state index is -4.38. The monoisotopic (exact) mass is 343 g/mol. The van der Waals surface area contributed by atoms with E-state index in [1.807, 2.05) is 0 Å². The van der Waals surface area contributed by atoms with Gasteiger partial charge in [0.15, 0.2) is 0 Å². The van der Waals surface area contributed by atoms with Crippen LogP contribution in [0.5, 0.6) is 0 Å². The van der Waals surface area contributed by atoms with Gasteiger partial charge in [0.25, 0.3) is 0 Å². The Morgan fingerprint density at radius 2 is 1.76 bits per heavy atom. The molecule has 2 aromatic carbocycles. The molecule has 3 aromatic rings. The lowest BCUT2D eigenvalue weighted by Crippen LogP contribution is -2.04. The largest absolute Gasteiger partial charge is 0.416 e. The van der Waals surface area contributed by atoms with Gasteiger partial charge in [0, 0.05) is 34.9 Å². The molecule has 7 heteroatoms. The Morgan fingerprint density at radius 3 is 2.36 bits per heavy atom. The van der Waals surface area contributed by atoms with Crippen LogP contribution in [-0.2, 0) is 6.18 Å². The number of alkyl halides is 3. The van der Waals surface area contributed by atoms with Crippen molar-refractivity contribution in [2.24, 2.45) is 0 Å². The smallest absolute Gasteiger partial charge is 0.355 e. The Morgan fingerprint density at radius 1 is 1.00 bits per heavy atom. The van der Waals surface area contributed by atoms with E-state index < -0.39 is 11.7 Å². The summed E-state index contributed by atoms with van der Waals surface area (Å²) in [6, 6.07) is 9.62. The van der Waals surface area contributed by atoms with Crippen LogP contribution in [0.2, 0.25) is 0 Å². The molecule has 4 nitrogen and oxygen atoms in total. The van der Waals surface area contributed by atoms with Gasteiger partial charge in [-0.25, -0.2) is 0 Å². The van der Waals surface area contributed by atoms with Gasteiger partial charge in [-0.2, -0.15) is 13.2 Å². The van der Waals surface area contributed by atoms with Crippen molar-refractivity contribution in [2.75, 3.05) is 5.32 Å². The lowest BCUT2D eigenvalue weighted by atomic mass is 10.1. The van der Waals surface area contributed by atoms with Gasteiger partial charge < -0.3 is 5.32 Å². The van der Waals surface area contributed by atoms with Crippen LogP contribution in [0.3, 0.4) is 0 Å². The third-order valence-electron chi connectivity index (χ3n) is 3.51. The molecule has 25 heavy (non-hydrogen) atoms. The molecule has 126 valence electrons. The lowest BCUT2D eigenvalue weighted by molar-refractivity contribution is -0.137. The van der Waals surface area contributed by atoms with Crippen molar-refractivity contribution in [2.45, 2.75) is 6.18 Å². The molecule has 0 aliphatic heterocycles. The van der Waals surface area contributed by atoms with Crippen molar-refractivity contribution in [3.63, 3.8) is 0 Å². The zero-order chi connectivity index (χ0) is 17.9. The molecular weight excluding hydrogens is 331 g/mol. The SMILES string of the molecule is O=Cc1ccc(Nc2ccc(C(F)(F)F)cc2)c(-c2cnccn2)c1. The van der Waals surface area contributed by atoms with Crippen molar-refractivity contribution in [1.82, 2.24) is 9.97 Å². The normalized spacial score (nSPS) is 11.2. The van der Waals surface area contributed by atoms with Crippen LogP contribution in [0, 0.1) is 0 Å². The maximum Gasteiger partial charge on any atom is 0.416 e. The van der Waals surface area contributed by atoms with Crippen LogP contribution in [0.1, 0.15) is 15.9 Å². The summed E-state index contributed by atoms with van der Waals surface area (Å²) in [5.41, 5.74) is 1.99. The van der Waals surface area contributed by atoms with Gasteiger partial charge in [-0.15, -0.1) is 0 Å². The fraction of sp³-hybridized carbons (Fsp3) is 0.0556. The number of anilines is 2. The van der Waals surface area contributed by atoms with Gasteiger partial charge >= 0.3 is 6.18 Å². The number of hydrogen-bond acceptors (Lipinski definition) is 4. The second-order valence-corrected chi connectivity index (χ2v) is 5.21. The molecule has 1 heterocycles. The Hall–Kier alpha value is -3.22. The highest BCUT2D eigenvalue weighted by molar-refractivity contribution is 5.85. The third-order valence-corrected chi connectivity index (χ3v) is 3.51. The molecule has 0 aliphatic rings. The molecule has 0 unspecified atom stereocenters. The van der Waals surface area contributed by atoms with Gasteiger partial charge in [0.05, 0.1) is 17.5 Å². The summed E-state index contributed by atoms with van der Waals surface area (Å²) in [6.07, 6.45) is 0.916. The fourth-order valence-corrected chi connectivity index (χ4v) is 2.29. The number of hydrogen-bond donors (Lipinski definition) is 1. The predicted octanol–water partition coefficient (Wildman–Crippen LogP) is 4.72. The fourth-order valence-electron chi connectivity index (χ4n) is 2.29. The maximum absolute atomic E-state index is 12.6. The first kappa shape index (κ1) is 16.6. The second kappa shape index (κ2) is 6.72. The summed E-state index contributed by atoms with van der Waals surface area (Å²) >= 11 is 0. The van der Waals surface area contributed by atoms with E-state index in [2.05, 4.69) is 15.3 Å². The molecule has 0 bridgehead atoms. The first-order chi connectivity index (χ1) is 12.0. The maximum atomic E-state index is 12.6. The number of nitrogens with one attached hydrogen (secondary N) is 1. The highest BCUT2D eigenvalue weighted by atomic mass is 19.4. The predicted molar refractivity (Wildman–Crippen MR) is 87.6 cm³/mol. The number of halogens is 3. The Bertz CT molecular complexity index is 878. The summed E-state index contributed by atoms with van der Waals surface area (Å²) < 4.78 is 37.9. The highest BCUT2D eigenvalue weighted by Gasteiger charge is 2.29. The van der Waals surface area contributed by atoms with Gasteiger partial charge in [-0.05, 0) is 42.5 Å². The van der Waals surface area contributed by atoms with Crippen LogP contribution < -0.4 is 5.32 Å². The zero-order valence-corrected chi connectivity index (χ0v) is 12.8. The summed E-state index contributed by atoms with van der Waals surface area (Å²) in [5.74, 6) is 0. The Balaban J connectivity index is 1.96. The van der Waals surface area contributed by atoms with Gasteiger partial charge in [-0.3, -0.25) is 14.8 Å². The molecule has 3 rings (SSSR count). The number of aromatic nitrogens is 2. The van der Waals surface area contributed by atoms with E-state index in [4.69, 9.17) is 0 Å². The van der Waals surface area contributed by atoms with Crippen molar-refractivity contribution < 1.29 is 18.0 Å². The van der Waals surface area contributed by atoms with Crippen LogP contribution in [0.25, 0.3) is 11.3 Å². The number of carbonyl (C=O) groups excluding carboxylic acids is 1. The molecule has 0 amide bonds. The molecule has 0 saturated heterocycles. The van der Waals surface area contributed by atoms with Crippen LogP contribution in [-0.4, -0.2) is 16.3 Å². The Labute approximate surface area is 141 Å². The minimum Gasteiger partial charge on any atom is -0.355 e. The second-order valence-electron chi connectivity index (χ2n) is 5.21. The first-order valence-corrected chi connectivity index (χ1v) is 7.27. The molecule has 0 radical (unpaired) electrons. The average Bonchev–Trinajstić information content (AvgIpc) is 2.62. The summed E-state index contributed by atoms with van der Waals surface area (Å²) in [6.45, 7) is 0. The molecule has 0 spiro atoms. The van der Waals surface area contributed by atoms with E-state index in [0.717, 1.165) is 12.1 Å². The number of rotatable bonds is 4. The third kappa shape index (κ3) is 3.82. The van der Waals surface area contributed by atoms with E-state index in [0.29, 0.717) is 34.5 Å². The standard InChI is InChI=1S/C18H12F3N3O/c19-18(20,21)13-2-4-14(5-3-13)24-16-6-1-12(11-25)9-15(16)17-10-22-7-8-23-17/h1-11,24H. The van der Waals surface area contributed by atoms with Crippen LogP contribution in [0.4, 0.5) is 24.5 Å². The van der Waals surface area contributed by atoms with Crippen molar-refractivity contribution in [3.8, 4) is 11.3 Å². The van der Waals surface area contributed by atoms with Crippen LogP contribution in [0.15, 0.2) is 61.1 Å². The van der Waals surface area contributed by atoms with Crippen molar-refractivity contribution >= 4 is 17.7 Å². The molecule has 0 fully saturated rings. The van der Waals surface area contributed by atoms with E-state index in [9.17, 15) is 18.0 Å². The van der Waals surface area contributed by atoms with E-state index >= 15 is 0 Å². The molecule has 0 aliphatic carbocycles. The summed E-state index contributed by atoms with van der Waals surface area (Å²) in [5, 5.41) is 3.05. The van der Waals surface area contributed by atoms with Gasteiger partial charge in [0.2, 0.25) is 0 Å². The molecular formula is C18H12F3N3O. The van der Waals surface area contributed by atoms with Crippen molar-refractivity contribution in [1.29, 1.82) is 0 Å². The number of aldehydes is 1. The van der Waals surface area contributed by atoms with Crippen molar-refractivity contribution in [3.05, 3.63) is 72.2 Å². The van der Waals surface area contributed by atoms with E-state index in [1.54, 1.807) is 24.4 Å². The molecule has 1 aromatic heterocycles. The topological polar surface area (TPSA) is 54.9 Å². The van der Waals surface area contributed by atoms with E-state index in [-0.39, 0.29) is 0 Å². The zero-order valence-electron chi connectivity index (χ0n) is 12.8. The van der Waals surface area contributed by atoms with Crippen LogP contribution >= 0.6 is 0 Å². The molecule has 1 N–H and O–H groups in total. The number of carbonyl (C=O) groups is 1. The van der Waals surface area contributed by atoms with Gasteiger partial charge in [-0.1, -0.05) is 0 Å². The first-order valence-electron chi connectivity index (χ1n) is 7.27. The lowest BCUT2D eigenvalue weighted by Gasteiger charge is -2.13. The highest BCUT2D eigenvalue weighted by Crippen LogP contribution is 2.32. The summed E-state index contributed by atoms with van der Waals surface area (Å²) in [7, 11) is 0. The van der Waals surface area contributed by atoms with Gasteiger partial charge in [0.1, 0.15) is 6.29 Å². The number of nitrogens with zero attached hydrogens (tertiary/aromatic N) is 2. The Kier molecular flexibility index (Phi) is 4.47. The quantitative estimate of drug-likeness (QED) is 0.697. The number of benzene rings is 2. The molecule has 0 saturated carbocycles.